The van der Waals surface area contributed by atoms with Gasteiger partial charge in [-0.25, -0.2) is 0 Å². The van der Waals surface area contributed by atoms with Crippen molar-refractivity contribution in [1.82, 2.24) is 0 Å². The molecule has 0 aromatic rings. The van der Waals surface area contributed by atoms with Gasteiger partial charge in [-0.1, -0.05) is 69.6 Å². The molecule has 0 aromatic heterocycles. The van der Waals surface area contributed by atoms with E-state index in [-0.39, 0.29) is 0 Å². The Labute approximate surface area is 158 Å². The van der Waals surface area contributed by atoms with E-state index in [1.807, 2.05) is 0 Å². The fraction of sp³-hybridized carbons (Fsp3) is 0. The minimum Gasteiger partial charge on any atom is -0.371 e. The van der Waals surface area contributed by atoms with Gasteiger partial charge in [0.1, 0.15) is 0 Å². The molecule has 0 heterocycles. The molecule has 116 valence electrons. The van der Waals surface area contributed by atoms with Gasteiger partial charge in [0.15, 0.2) is 13.5 Å². The first kappa shape index (κ1) is 21.5. The summed E-state index contributed by atoms with van der Waals surface area (Å²) in [5.41, 5.74) is 0. The molecular formula is C6Cl9O4P. The van der Waals surface area contributed by atoms with Gasteiger partial charge in [-0.05, 0) is 34.8 Å². The zero-order valence-electron chi connectivity index (χ0n) is 8.48. The third kappa shape index (κ3) is 8.19. The first-order valence-corrected chi connectivity index (χ1v) is 8.66. The Balaban J connectivity index is 5.47. The molecule has 0 amide bonds. The van der Waals surface area contributed by atoms with Gasteiger partial charge in [0.05, 0.1) is 0 Å². The molecule has 0 rings (SSSR count). The zero-order chi connectivity index (χ0) is 16.1. The van der Waals surface area contributed by atoms with Gasteiger partial charge >= 0.3 is 7.82 Å². The van der Waals surface area contributed by atoms with E-state index >= 15 is 0 Å². The van der Waals surface area contributed by atoms with Crippen LogP contribution in [0.4, 0.5) is 0 Å². The second-order valence-corrected chi connectivity index (χ2v) is 7.64. The molecular weight excluding hydrogens is 486 g/mol. The van der Waals surface area contributed by atoms with E-state index in [2.05, 4.69) is 13.6 Å². The third-order valence-electron chi connectivity index (χ3n) is 1.02. The van der Waals surface area contributed by atoms with Crippen molar-refractivity contribution in [3.8, 4) is 0 Å². The van der Waals surface area contributed by atoms with E-state index in [1.165, 1.54) is 0 Å². The fourth-order valence-corrected chi connectivity index (χ4v) is 2.74. The molecule has 0 saturated heterocycles. The molecule has 0 unspecified atom stereocenters. The normalized spacial score (nSPS) is 10.4. The van der Waals surface area contributed by atoms with Crippen LogP contribution in [0.5, 0.6) is 0 Å². The average Bonchev–Trinajstić information content (AvgIpc) is 2.27. The van der Waals surface area contributed by atoms with Crippen LogP contribution in [0.1, 0.15) is 0 Å². The van der Waals surface area contributed by atoms with Crippen LogP contribution in [0, 0.1) is 0 Å². The summed E-state index contributed by atoms with van der Waals surface area (Å²) in [4.78, 5) is 0. The third-order valence-corrected chi connectivity index (χ3v) is 4.97. The highest BCUT2D eigenvalue weighted by molar-refractivity contribution is 7.49. The van der Waals surface area contributed by atoms with E-state index in [1.54, 1.807) is 0 Å². The molecule has 20 heavy (non-hydrogen) atoms. The van der Waals surface area contributed by atoms with Crippen molar-refractivity contribution in [3.05, 3.63) is 29.1 Å². The lowest BCUT2D eigenvalue weighted by Crippen LogP contribution is -1.96. The number of rotatable bonds is 6. The van der Waals surface area contributed by atoms with Crippen LogP contribution < -0.4 is 0 Å². The number of hydrogen-bond donors (Lipinski definition) is 0. The second-order valence-electron chi connectivity index (χ2n) is 2.32. The average molecular weight is 486 g/mol. The van der Waals surface area contributed by atoms with Crippen molar-refractivity contribution < 1.29 is 18.1 Å². The standard InChI is InChI=1S/C6Cl9O4P/c7-1(8)4(13)17-20(16,18-5(14)2(9)10)19-6(15)3(11)12. The van der Waals surface area contributed by atoms with Crippen LogP contribution in [0.2, 0.25) is 0 Å². The Morgan fingerprint density at radius 3 is 0.900 bits per heavy atom. The van der Waals surface area contributed by atoms with E-state index in [0.29, 0.717) is 0 Å². The van der Waals surface area contributed by atoms with E-state index < -0.39 is 37.0 Å². The fourth-order valence-electron chi connectivity index (χ4n) is 0.454. The van der Waals surface area contributed by atoms with Crippen LogP contribution in [0.15, 0.2) is 29.1 Å². The smallest absolute Gasteiger partial charge is 0.371 e. The minimum atomic E-state index is -4.63. The van der Waals surface area contributed by atoms with Gasteiger partial charge in [0.2, 0.25) is 15.7 Å². The molecule has 0 atom stereocenters. The van der Waals surface area contributed by atoms with Crippen molar-refractivity contribution in [2.45, 2.75) is 0 Å². The molecule has 0 aliphatic heterocycles. The Kier molecular flexibility index (Phi) is 10.3. The lowest BCUT2D eigenvalue weighted by atomic mass is 11.1. The van der Waals surface area contributed by atoms with E-state index in [9.17, 15) is 4.57 Å². The molecule has 0 bridgehead atoms. The molecule has 0 aliphatic rings. The predicted molar refractivity (Wildman–Crippen MR) is 84.6 cm³/mol. The maximum Gasteiger partial charge on any atom is 0.649 e. The number of phosphoric acid groups is 1. The summed E-state index contributed by atoms with van der Waals surface area (Å²) in [6.07, 6.45) is 0. The quantitative estimate of drug-likeness (QED) is 0.286. The lowest BCUT2D eigenvalue weighted by molar-refractivity contribution is 0.217. The van der Waals surface area contributed by atoms with Crippen LogP contribution in [0.3, 0.4) is 0 Å². The van der Waals surface area contributed by atoms with Crippen molar-refractivity contribution in [2.75, 3.05) is 0 Å². The first-order chi connectivity index (χ1) is 8.98. The molecule has 0 aliphatic carbocycles. The topological polar surface area (TPSA) is 44.8 Å². The van der Waals surface area contributed by atoms with Gasteiger partial charge < -0.3 is 13.6 Å². The molecule has 0 aromatic carbocycles. The van der Waals surface area contributed by atoms with Crippen LogP contribution in [0.25, 0.3) is 0 Å². The lowest BCUT2D eigenvalue weighted by Gasteiger charge is -2.17. The predicted octanol–water partition coefficient (Wildman–Crippen LogP) is 7.67. The molecule has 0 spiro atoms. The van der Waals surface area contributed by atoms with E-state index in [0.717, 1.165) is 0 Å². The maximum atomic E-state index is 12.2. The highest BCUT2D eigenvalue weighted by Crippen LogP contribution is 2.58. The highest BCUT2D eigenvalue weighted by atomic mass is 35.5. The van der Waals surface area contributed by atoms with Gasteiger partial charge in [0, 0.05) is 0 Å². The summed E-state index contributed by atoms with van der Waals surface area (Å²) in [5, 5.41) is -2.24. The Bertz CT molecular complexity index is 429. The molecule has 0 N–H and O–H groups in total. The summed E-state index contributed by atoms with van der Waals surface area (Å²) in [5.74, 6) is 0. The Morgan fingerprint density at radius 2 is 0.750 bits per heavy atom. The molecule has 14 heteroatoms. The van der Waals surface area contributed by atoms with Crippen LogP contribution in [-0.2, 0) is 18.1 Å². The molecule has 4 nitrogen and oxygen atoms in total. The number of halogens is 9. The summed E-state index contributed by atoms with van der Waals surface area (Å²) in [7, 11) is -4.63. The van der Waals surface area contributed by atoms with Crippen molar-refractivity contribution in [1.29, 1.82) is 0 Å². The van der Waals surface area contributed by atoms with Crippen LogP contribution in [-0.4, -0.2) is 0 Å². The summed E-state index contributed by atoms with van der Waals surface area (Å²) < 4.78 is 24.1. The molecule has 0 saturated carbocycles. The van der Waals surface area contributed by atoms with Gasteiger partial charge in [-0.15, -0.1) is 0 Å². The van der Waals surface area contributed by atoms with Crippen molar-refractivity contribution in [2.24, 2.45) is 0 Å². The number of hydrogen-bond acceptors (Lipinski definition) is 4. The SMILES string of the molecule is O=P(OC(Cl)=C(Cl)Cl)(OC(Cl)=C(Cl)Cl)OC(Cl)=C(Cl)Cl. The maximum absolute atomic E-state index is 12.2. The second kappa shape index (κ2) is 9.57. The van der Waals surface area contributed by atoms with Crippen molar-refractivity contribution >= 4 is 112 Å². The minimum absolute atomic E-state index is 0.590. The van der Waals surface area contributed by atoms with Gasteiger partial charge in [0.25, 0.3) is 0 Å². The highest BCUT2D eigenvalue weighted by Gasteiger charge is 2.37. The Hall–Kier alpha value is 1.46. The molecule has 0 radical (unpaired) electrons. The first-order valence-electron chi connectivity index (χ1n) is 3.79. The Morgan fingerprint density at radius 1 is 0.550 bits per heavy atom. The van der Waals surface area contributed by atoms with Gasteiger partial charge in [-0.3, -0.25) is 0 Å². The monoisotopic (exact) mass is 482 g/mol. The zero-order valence-corrected chi connectivity index (χ0v) is 16.2. The summed E-state index contributed by atoms with van der Waals surface area (Å²) in [6, 6.07) is 0. The largest absolute Gasteiger partial charge is 0.649 e. The number of phosphoric ester groups is 1. The van der Waals surface area contributed by atoms with Gasteiger partial charge in [-0.2, -0.15) is 4.57 Å². The summed E-state index contributed by atoms with van der Waals surface area (Å²) >= 11 is 48.1. The molecule has 0 fully saturated rings. The van der Waals surface area contributed by atoms with Crippen LogP contribution >= 0.6 is 112 Å². The summed E-state index contributed by atoms with van der Waals surface area (Å²) in [6.45, 7) is 0. The van der Waals surface area contributed by atoms with E-state index in [4.69, 9.17) is 104 Å². The van der Waals surface area contributed by atoms with Crippen molar-refractivity contribution in [3.63, 3.8) is 0 Å².